The first-order chi connectivity index (χ1) is 15.2. The molecule has 0 unspecified atom stereocenters. The Morgan fingerprint density at radius 1 is 1.09 bits per heavy atom. The Hall–Kier alpha value is -4.07. The van der Waals surface area contributed by atoms with Crippen molar-refractivity contribution in [3.8, 4) is 0 Å². The minimum Gasteiger partial charge on any atom is -0.337 e. The molecular formula is C18H16F2N8O3S. The number of pyridine rings is 1. The minimum absolute atomic E-state index is 0.0392. The normalized spacial score (nSPS) is 11.1. The number of nitrogens with zero attached hydrogens (tertiary/aromatic N) is 5. The lowest BCUT2D eigenvalue weighted by Crippen LogP contribution is -2.21. The summed E-state index contributed by atoms with van der Waals surface area (Å²) in [6, 6.07) is 6.50. The lowest BCUT2D eigenvalue weighted by atomic mass is 10.3. The number of halogens is 2. The Labute approximate surface area is 180 Å². The van der Waals surface area contributed by atoms with Gasteiger partial charge < -0.3 is 16.0 Å². The van der Waals surface area contributed by atoms with Crippen LogP contribution < -0.4 is 16.0 Å². The largest absolute Gasteiger partial charge is 0.337 e. The highest BCUT2D eigenvalue weighted by atomic mass is 32.2. The molecule has 32 heavy (non-hydrogen) atoms. The molecule has 14 heteroatoms. The van der Waals surface area contributed by atoms with Gasteiger partial charge in [0, 0.05) is 18.5 Å². The molecule has 0 radical (unpaired) electrons. The van der Waals surface area contributed by atoms with Crippen molar-refractivity contribution in [3.63, 3.8) is 0 Å². The van der Waals surface area contributed by atoms with Gasteiger partial charge in [-0.2, -0.15) is 0 Å². The third kappa shape index (κ3) is 5.34. The van der Waals surface area contributed by atoms with Crippen LogP contribution in [-0.4, -0.2) is 46.0 Å². The summed E-state index contributed by atoms with van der Waals surface area (Å²) >= 11 is 0. The summed E-state index contributed by atoms with van der Waals surface area (Å²) in [6.45, 7) is 3.41. The molecule has 0 spiro atoms. The van der Waals surface area contributed by atoms with Crippen LogP contribution in [0.1, 0.15) is 22.6 Å². The molecular weight excluding hydrogens is 446 g/mol. The molecule has 0 fully saturated rings. The van der Waals surface area contributed by atoms with Crippen LogP contribution >= 0.6 is 0 Å². The van der Waals surface area contributed by atoms with Gasteiger partial charge in [0.1, 0.15) is 16.4 Å². The van der Waals surface area contributed by atoms with Crippen LogP contribution in [0.5, 0.6) is 0 Å². The molecule has 0 aromatic carbocycles. The van der Waals surface area contributed by atoms with Crippen LogP contribution in [0.2, 0.25) is 0 Å². The van der Waals surface area contributed by atoms with Crippen molar-refractivity contribution < 1.29 is 22.0 Å². The Bertz CT molecular complexity index is 1250. The molecule has 0 saturated carbocycles. The second kappa shape index (κ2) is 9.38. The molecule has 11 nitrogen and oxygen atoms in total. The third-order valence-corrected chi connectivity index (χ3v) is 4.96. The van der Waals surface area contributed by atoms with Crippen molar-refractivity contribution in [1.29, 1.82) is 0 Å². The van der Waals surface area contributed by atoms with Crippen molar-refractivity contribution in [1.82, 2.24) is 30.7 Å². The maximum atomic E-state index is 12.6. The number of sulfone groups is 1. The second-order valence-corrected chi connectivity index (χ2v) is 8.17. The Morgan fingerprint density at radius 3 is 2.47 bits per heavy atom. The summed E-state index contributed by atoms with van der Waals surface area (Å²) < 4.78 is 49.4. The lowest BCUT2D eigenvalue weighted by molar-refractivity contribution is 0.0965. The number of hydrogen-bond acceptors (Lipinski definition) is 10. The van der Waals surface area contributed by atoms with E-state index in [9.17, 15) is 22.0 Å². The lowest BCUT2D eigenvalue weighted by Gasteiger charge is -2.13. The molecule has 3 N–H and O–H groups in total. The fourth-order valence-corrected chi connectivity index (χ4v) is 3.23. The van der Waals surface area contributed by atoms with Crippen molar-refractivity contribution in [2.45, 2.75) is 11.3 Å². The van der Waals surface area contributed by atoms with Gasteiger partial charge in [-0.3, -0.25) is 4.79 Å². The summed E-state index contributed by atoms with van der Waals surface area (Å²) in [5.41, 5.74) is -0.619. The van der Waals surface area contributed by atoms with E-state index in [-0.39, 0.29) is 33.7 Å². The Morgan fingerprint density at radius 2 is 1.84 bits per heavy atom. The van der Waals surface area contributed by atoms with Crippen LogP contribution in [0, 0.1) is 0 Å². The van der Waals surface area contributed by atoms with E-state index in [0.29, 0.717) is 0 Å². The molecule has 3 heterocycles. The predicted molar refractivity (Wildman–Crippen MR) is 111 cm³/mol. The highest BCUT2D eigenvalue weighted by Crippen LogP contribution is 2.26. The van der Waals surface area contributed by atoms with Crippen molar-refractivity contribution in [2.75, 3.05) is 16.9 Å². The summed E-state index contributed by atoms with van der Waals surface area (Å²) in [5, 5.41) is 22.6. The van der Waals surface area contributed by atoms with Gasteiger partial charge in [0.2, 0.25) is 0 Å². The molecule has 0 saturated heterocycles. The fraction of sp³-hybridized carbons (Fsp3) is 0.111. The number of nitrogens with one attached hydrogen (secondary N) is 3. The van der Waals surface area contributed by atoms with Gasteiger partial charge in [-0.15, -0.1) is 20.4 Å². The summed E-state index contributed by atoms with van der Waals surface area (Å²) in [5.74, 6) is -0.548. The van der Waals surface area contributed by atoms with Gasteiger partial charge in [0.05, 0.1) is 5.69 Å². The zero-order chi connectivity index (χ0) is 23.3. The number of carbonyl (C=O) groups excluding carboxylic acids is 1. The van der Waals surface area contributed by atoms with Gasteiger partial charge in [-0.1, -0.05) is 6.58 Å². The fourth-order valence-electron chi connectivity index (χ4n) is 2.44. The number of aromatic nitrogens is 5. The van der Waals surface area contributed by atoms with E-state index >= 15 is 0 Å². The first kappa shape index (κ1) is 22.6. The van der Waals surface area contributed by atoms with E-state index in [1.54, 1.807) is 0 Å². The molecule has 3 aromatic heterocycles. The second-order valence-electron chi connectivity index (χ2n) is 6.19. The van der Waals surface area contributed by atoms with Gasteiger partial charge in [-0.25, -0.2) is 22.2 Å². The Balaban J connectivity index is 1.99. The number of amides is 1. The molecule has 0 atom stereocenters. The van der Waals surface area contributed by atoms with Gasteiger partial charge >= 0.3 is 0 Å². The summed E-state index contributed by atoms with van der Waals surface area (Å²) in [7, 11) is -3.64. The van der Waals surface area contributed by atoms with Crippen molar-refractivity contribution in [2.24, 2.45) is 0 Å². The molecule has 0 bridgehead atoms. The zero-order valence-electron chi connectivity index (χ0n) is 16.5. The van der Waals surface area contributed by atoms with E-state index < -0.39 is 27.9 Å². The van der Waals surface area contributed by atoms with Crippen LogP contribution in [0.25, 0.3) is 0 Å². The number of anilines is 4. The molecule has 1 amide bonds. The topological polar surface area (TPSA) is 152 Å². The standard InChI is InChI=1S/C18H16F2N8O3S/c1-3-21-18(29)15-11(23-17-12(32(2,30)31)5-4-8-22-17)9-14(27-28-15)24-13-7-6-10(16(19)20)25-26-13/h3-9,16H,1H2,2H3,(H,21,29)(H2,22,23,24,26,27). The van der Waals surface area contributed by atoms with Crippen LogP contribution in [0.15, 0.2) is 54.2 Å². The predicted octanol–water partition coefficient (Wildman–Crippen LogP) is 2.36. The minimum atomic E-state index is -3.64. The molecule has 3 rings (SSSR count). The Kier molecular flexibility index (Phi) is 6.63. The van der Waals surface area contributed by atoms with Gasteiger partial charge in [0.15, 0.2) is 27.2 Å². The highest BCUT2D eigenvalue weighted by Gasteiger charge is 2.20. The average molecular weight is 462 g/mol. The van der Waals surface area contributed by atoms with E-state index in [2.05, 4.69) is 47.9 Å². The van der Waals surface area contributed by atoms with Crippen molar-refractivity contribution in [3.05, 3.63) is 60.7 Å². The third-order valence-electron chi connectivity index (χ3n) is 3.83. The van der Waals surface area contributed by atoms with E-state index in [1.807, 2.05) is 0 Å². The van der Waals surface area contributed by atoms with Crippen LogP contribution in [-0.2, 0) is 9.84 Å². The van der Waals surface area contributed by atoms with E-state index in [1.165, 1.54) is 30.5 Å². The quantitative estimate of drug-likeness (QED) is 0.455. The van der Waals surface area contributed by atoms with Gasteiger partial charge in [0.25, 0.3) is 12.3 Å². The first-order valence-corrected chi connectivity index (χ1v) is 10.7. The zero-order valence-corrected chi connectivity index (χ0v) is 17.3. The van der Waals surface area contributed by atoms with Crippen molar-refractivity contribution >= 4 is 38.9 Å². The van der Waals surface area contributed by atoms with E-state index in [0.717, 1.165) is 18.5 Å². The smallest absolute Gasteiger partial charge is 0.282 e. The molecule has 166 valence electrons. The number of rotatable bonds is 8. The van der Waals surface area contributed by atoms with E-state index in [4.69, 9.17) is 0 Å². The molecule has 3 aromatic rings. The van der Waals surface area contributed by atoms with Crippen LogP contribution in [0.3, 0.4) is 0 Å². The van der Waals surface area contributed by atoms with Crippen LogP contribution in [0.4, 0.5) is 31.9 Å². The SMILES string of the molecule is C=CNC(=O)c1nnc(Nc2ccc(C(F)F)nn2)cc1Nc1ncccc1S(C)(=O)=O. The average Bonchev–Trinajstić information content (AvgIpc) is 2.74. The summed E-state index contributed by atoms with van der Waals surface area (Å²) in [4.78, 5) is 16.3. The summed E-state index contributed by atoms with van der Waals surface area (Å²) in [6.07, 6.45) is 0.759. The number of alkyl halides is 2. The van der Waals surface area contributed by atoms with Gasteiger partial charge in [-0.05, 0) is 30.5 Å². The monoisotopic (exact) mass is 462 g/mol. The number of hydrogen-bond donors (Lipinski definition) is 3. The highest BCUT2D eigenvalue weighted by molar-refractivity contribution is 7.90. The molecule has 0 aliphatic carbocycles. The maximum absolute atomic E-state index is 12.6. The molecule has 0 aliphatic heterocycles. The first-order valence-electron chi connectivity index (χ1n) is 8.79. The number of carbonyl (C=O) groups is 1. The maximum Gasteiger partial charge on any atom is 0.282 e. The molecule has 0 aliphatic rings.